The molecule has 2 aromatic rings. The highest BCUT2D eigenvalue weighted by molar-refractivity contribution is 5.47. The first-order chi connectivity index (χ1) is 11.3. The number of ether oxygens (including phenoxy) is 1. The zero-order valence-corrected chi connectivity index (χ0v) is 13.3. The minimum atomic E-state index is -0.414. The first-order valence-corrected chi connectivity index (χ1v) is 8.19. The van der Waals surface area contributed by atoms with E-state index in [1.165, 1.54) is 18.4 Å². The minimum absolute atomic E-state index is 0.0676. The molecule has 2 aliphatic rings. The van der Waals surface area contributed by atoms with Gasteiger partial charge in [-0.25, -0.2) is 4.68 Å². The van der Waals surface area contributed by atoms with Crippen LogP contribution >= 0.6 is 0 Å². The zero-order valence-electron chi connectivity index (χ0n) is 13.3. The molecular weight excluding hydrogens is 292 g/mol. The van der Waals surface area contributed by atoms with Gasteiger partial charge < -0.3 is 9.84 Å². The molecule has 1 fully saturated rings. The third-order valence-electron chi connectivity index (χ3n) is 5.09. The molecule has 6 nitrogen and oxygen atoms in total. The van der Waals surface area contributed by atoms with Crippen LogP contribution < -0.4 is 10.1 Å². The molecule has 1 aromatic carbocycles. The summed E-state index contributed by atoms with van der Waals surface area (Å²) in [6, 6.07) is 6.57. The molecule has 1 atom stereocenters. The Morgan fingerprint density at radius 2 is 2.30 bits per heavy atom. The summed E-state index contributed by atoms with van der Waals surface area (Å²) < 4.78 is 7.48. The van der Waals surface area contributed by atoms with Crippen molar-refractivity contribution in [3.8, 4) is 5.75 Å². The lowest BCUT2D eigenvalue weighted by Crippen LogP contribution is -2.43. The number of hydrogen-bond acceptors (Lipinski definition) is 5. The van der Waals surface area contributed by atoms with Crippen LogP contribution in [0.1, 0.15) is 42.1 Å². The highest BCUT2D eigenvalue weighted by Crippen LogP contribution is 2.41. The van der Waals surface area contributed by atoms with Gasteiger partial charge in [0.2, 0.25) is 0 Å². The number of aromatic nitrogens is 3. The molecule has 4 rings (SSSR count). The Kier molecular flexibility index (Phi) is 3.58. The highest BCUT2D eigenvalue weighted by atomic mass is 16.5. The fourth-order valence-electron chi connectivity index (χ4n) is 3.62. The summed E-state index contributed by atoms with van der Waals surface area (Å²) in [5, 5.41) is 21.9. The molecule has 0 amide bonds. The molecule has 2 aliphatic carbocycles. The van der Waals surface area contributed by atoms with Crippen molar-refractivity contribution >= 4 is 0 Å². The van der Waals surface area contributed by atoms with Crippen molar-refractivity contribution in [1.29, 1.82) is 0 Å². The molecule has 0 bridgehead atoms. The Balaban J connectivity index is 1.59. The third-order valence-corrected chi connectivity index (χ3v) is 5.09. The largest absolute Gasteiger partial charge is 0.496 e. The van der Waals surface area contributed by atoms with Crippen molar-refractivity contribution in [1.82, 2.24) is 20.3 Å². The highest BCUT2D eigenvalue weighted by Gasteiger charge is 2.39. The zero-order chi connectivity index (χ0) is 15.9. The van der Waals surface area contributed by atoms with E-state index in [2.05, 4.69) is 21.7 Å². The lowest BCUT2D eigenvalue weighted by molar-refractivity contribution is 0.158. The van der Waals surface area contributed by atoms with Gasteiger partial charge in [-0.15, -0.1) is 5.10 Å². The summed E-state index contributed by atoms with van der Waals surface area (Å²) >= 11 is 0. The van der Waals surface area contributed by atoms with E-state index in [1.54, 1.807) is 7.11 Å². The molecule has 1 unspecified atom stereocenters. The monoisotopic (exact) mass is 314 g/mol. The number of nitrogens with one attached hydrogen (secondary N) is 1. The van der Waals surface area contributed by atoms with Crippen LogP contribution in [-0.4, -0.2) is 33.8 Å². The van der Waals surface area contributed by atoms with Crippen LogP contribution in [0.3, 0.4) is 0 Å². The summed E-state index contributed by atoms with van der Waals surface area (Å²) in [6.45, 7) is 0.721. The van der Waals surface area contributed by atoms with Crippen LogP contribution in [0.4, 0.5) is 0 Å². The van der Waals surface area contributed by atoms with E-state index < -0.39 is 5.54 Å². The summed E-state index contributed by atoms with van der Waals surface area (Å²) in [5.41, 5.74) is 3.01. The molecule has 0 saturated heterocycles. The van der Waals surface area contributed by atoms with Crippen molar-refractivity contribution in [2.24, 2.45) is 0 Å². The smallest absolute Gasteiger partial charge is 0.122 e. The maximum Gasteiger partial charge on any atom is 0.122 e. The Labute approximate surface area is 135 Å². The van der Waals surface area contributed by atoms with E-state index in [1.807, 2.05) is 23.0 Å². The van der Waals surface area contributed by atoms with Crippen LogP contribution in [0, 0.1) is 0 Å². The summed E-state index contributed by atoms with van der Waals surface area (Å²) in [5.74, 6) is 0.907. The number of nitrogens with zero attached hydrogens (tertiary/aromatic N) is 3. The topological polar surface area (TPSA) is 72.2 Å². The van der Waals surface area contributed by atoms with E-state index >= 15 is 0 Å². The van der Waals surface area contributed by atoms with Crippen molar-refractivity contribution in [3.05, 3.63) is 41.2 Å². The lowest BCUT2D eigenvalue weighted by Gasteiger charge is -2.30. The number of methoxy groups -OCH3 is 1. The molecule has 1 aromatic heterocycles. The summed E-state index contributed by atoms with van der Waals surface area (Å²) in [4.78, 5) is 0. The van der Waals surface area contributed by atoms with Gasteiger partial charge in [0.1, 0.15) is 5.75 Å². The quantitative estimate of drug-likeness (QED) is 0.846. The van der Waals surface area contributed by atoms with Gasteiger partial charge in [0.05, 0.1) is 37.2 Å². The molecule has 2 N–H and O–H groups in total. The first-order valence-electron chi connectivity index (χ1n) is 8.19. The second-order valence-corrected chi connectivity index (χ2v) is 6.48. The maximum atomic E-state index is 10.1. The first kappa shape index (κ1) is 14.7. The van der Waals surface area contributed by atoms with Gasteiger partial charge in [-0.3, -0.25) is 5.32 Å². The van der Waals surface area contributed by atoms with Crippen molar-refractivity contribution in [2.75, 3.05) is 13.7 Å². The van der Waals surface area contributed by atoms with Gasteiger partial charge >= 0.3 is 0 Å². The Bertz CT molecular complexity index is 710. The summed E-state index contributed by atoms with van der Waals surface area (Å²) in [7, 11) is 1.70. The Morgan fingerprint density at radius 1 is 1.43 bits per heavy atom. The van der Waals surface area contributed by atoms with Crippen LogP contribution in [-0.2, 0) is 18.5 Å². The van der Waals surface area contributed by atoms with Gasteiger partial charge in [0.25, 0.3) is 0 Å². The number of aliphatic hydroxyl groups is 1. The normalized spacial score (nSPS) is 23.0. The number of hydrogen-bond donors (Lipinski definition) is 2. The number of benzene rings is 1. The molecule has 122 valence electrons. The summed E-state index contributed by atoms with van der Waals surface area (Å²) in [6.07, 6.45) is 5.96. The van der Waals surface area contributed by atoms with Gasteiger partial charge in [0, 0.05) is 6.54 Å². The second-order valence-electron chi connectivity index (χ2n) is 6.48. The molecular formula is C17H22N4O2. The fourth-order valence-corrected chi connectivity index (χ4v) is 3.62. The molecule has 1 saturated carbocycles. The standard InChI is InChI=1S/C17H22N4O2/c1-23-16-4-2-3-15-14(16)7-8-17(15,11-22)18-9-13-10-19-20-21(13)12-5-6-12/h2-4,10,12,18,22H,5-9,11H2,1H3. The average molecular weight is 314 g/mol. The Hall–Kier alpha value is -1.92. The SMILES string of the molecule is COc1cccc2c1CCC2(CO)NCc1cnnn1C1CC1. The predicted octanol–water partition coefficient (Wildman–Crippen LogP) is 1.55. The van der Waals surface area contributed by atoms with E-state index in [9.17, 15) is 5.11 Å². The molecule has 0 aliphatic heterocycles. The molecule has 0 radical (unpaired) electrons. The van der Waals surface area contributed by atoms with E-state index in [0.29, 0.717) is 12.6 Å². The van der Waals surface area contributed by atoms with Crippen LogP contribution in [0.15, 0.2) is 24.4 Å². The lowest BCUT2D eigenvalue weighted by atomic mass is 9.92. The molecule has 6 heteroatoms. The van der Waals surface area contributed by atoms with Crippen LogP contribution in [0.25, 0.3) is 0 Å². The van der Waals surface area contributed by atoms with Crippen LogP contribution in [0.2, 0.25) is 0 Å². The van der Waals surface area contributed by atoms with Crippen molar-refractivity contribution in [3.63, 3.8) is 0 Å². The fraction of sp³-hybridized carbons (Fsp3) is 0.529. The van der Waals surface area contributed by atoms with Gasteiger partial charge in [-0.1, -0.05) is 17.3 Å². The van der Waals surface area contributed by atoms with Gasteiger partial charge in [-0.2, -0.15) is 0 Å². The maximum absolute atomic E-state index is 10.1. The van der Waals surface area contributed by atoms with Gasteiger partial charge in [0.15, 0.2) is 0 Å². The van der Waals surface area contributed by atoms with Crippen LogP contribution in [0.5, 0.6) is 5.75 Å². The number of aliphatic hydroxyl groups excluding tert-OH is 1. The van der Waals surface area contributed by atoms with E-state index in [4.69, 9.17) is 4.74 Å². The Morgan fingerprint density at radius 3 is 3.04 bits per heavy atom. The molecule has 23 heavy (non-hydrogen) atoms. The average Bonchev–Trinajstić information content (AvgIpc) is 3.21. The van der Waals surface area contributed by atoms with Crippen molar-refractivity contribution in [2.45, 2.75) is 43.8 Å². The van der Waals surface area contributed by atoms with E-state index in [-0.39, 0.29) is 6.61 Å². The minimum Gasteiger partial charge on any atom is -0.496 e. The molecule has 1 heterocycles. The third kappa shape index (κ3) is 2.42. The number of fused-ring (bicyclic) bond motifs is 1. The van der Waals surface area contributed by atoms with Gasteiger partial charge in [-0.05, 0) is 42.9 Å². The predicted molar refractivity (Wildman–Crippen MR) is 85.2 cm³/mol. The van der Waals surface area contributed by atoms with Crippen molar-refractivity contribution < 1.29 is 9.84 Å². The molecule has 0 spiro atoms. The number of rotatable bonds is 6. The van der Waals surface area contributed by atoms with E-state index in [0.717, 1.165) is 29.8 Å². The second kappa shape index (κ2) is 5.62.